The first-order valence-electron chi connectivity index (χ1n) is 10.5. The lowest BCUT2D eigenvalue weighted by molar-refractivity contribution is -0.123. The van der Waals surface area contributed by atoms with Crippen molar-refractivity contribution in [3.8, 4) is 11.3 Å². The zero-order chi connectivity index (χ0) is 20.9. The van der Waals surface area contributed by atoms with Gasteiger partial charge in [0.2, 0.25) is 11.9 Å². The third-order valence-corrected chi connectivity index (χ3v) is 5.79. The van der Waals surface area contributed by atoms with Gasteiger partial charge in [-0.25, -0.2) is 9.37 Å². The number of carbonyl (C=O) groups excluding carboxylic acids is 1. The molecule has 2 fully saturated rings. The van der Waals surface area contributed by atoms with Crippen LogP contribution in [0.4, 0.5) is 10.3 Å². The lowest BCUT2D eigenvalue weighted by Gasteiger charge is -2.35. The maximum absolute atomic E-state index is 13.2. The molecule has 0 bridgehead atoms. The molecule has 30 heavy (non-hydrogen) atoms. The van der Waals surface area contributed by atoms with Crippen LogP contribution >= 0.6 is 0 Å². The van der Waals surface area contributed by atoms with Gasteiger partial charge in [0.1, 0.15) is 5.82 Å². The number of carbonyl (C=O) groups is 1. The van der Waals surface area contributed by atoms with Crippen LogP contribution in [0.1, 0.15) is 12.8 Å². The van der Waals surface area contributed by atoms with Crippen LogP contribution in [0, 0.1) is 5.82 Å². The average molecular weight is 414 g/mol. The molecule has 1 N–H and O–H groups in total. The molecule has 0 saturated carbocycles. The number of nitrogens with one attached hydrogen (secondary N) is 1. The van der Waals surface area contributed by atoms with Gasteiger partial charge in [0.15, 0.2) is 0 Å². The van der Waals surface area contributed by atoms with Gasteiger partial charge < -0.3 is 15.1 Å². The molecule has 8 nitrogen and oxygen atoms in total. The van der Waals surface area contributed by atoms with Crippen molar-refractivity contribution in [1.82, 2.24) is 30.3 Å². The van der Waals surface area contributed by atoms with Gasteiger partial charge in [0, 0.05) is 37.8 Å². The Labute approximate surface area is 176 Å². The smallest absolute Gasteiger partial charge is 0.245 e. The second-order valence-corrected chi connectivity index (χ2v) is 8.06. The van der Waals surface area contributed by atoms with Crippen LogP contribution < -0.4 is 10.2 Å². The predicted molar refractivity (Wildman–Crippen MR) is 113 cm³/mol. The second-order valence-electron chi connectivity index (χ2n) is 8.06. The van der Waals surface area contributed by atoms with E-state index in [4.69, 9.17) is 0 Å². The molecule has 1 aromatic carbocycles. The SMILES string of the molecule is CN1CCC(NC(=O)CN2CCN(c3nncc(-c4ccc(F)cc4)n3)CC2)CC1. The predicted octanol–water partition coefficient (Wildman–Crippen LogP) is 1.01. The van der Waals surface area contributed by atoms with Crippen molar-refractivity contribution in [2.45, 2.75) is 18.9 Å². The quantitative estimate of drug-likeness (QED) is 0.784. The molecule has 3 heterocycles. The summed E-state index contributed by atoms with van der Waals surface area (Å²) >= 11 is 0. The highest BCUT2D eigenvalue weighted by Gasteiger charge is 2.23. The second kappa shape index (κ2) is 9.44. The zero-order valence-electron chi connectivity index (χ0n) is 17.3. The topological polar surface area (TPSA) is 77.5 Å². The molecule has 9 heteroatoms. The van der Waals surface area contributed by atoms with Gasteiger partial charge in [0.25, 0.3) is 0 Å². The summed E-state index contributed by atoms with van der Waals surface area (Å²) < 4.78 is 13.2. The Bertz CT molecular complexity index is 847. The van der Waals surface area contributed by atoms with Gasteiger partial charge in [-0.15, -0.1) is 5.10 Å². The summed E-state index contributed by atoms with van der Waals surface area (Å²) in [6.45, 7) is 5.50. The number of rotatable bonds is 5. The molecule has 1 aromatic heterocycles. The molecular weight excluding hydrogens is 385 g/mol. The summed E-state index contributed by atoms with van der Waals surface area (Å²) in [5.74, 6) is 0.387. The average Bonchev–Trinajstić information content (AvgIpc) is 2.76. The molecule has 2 aliphatic heterocycles. The number of nitrogens with zero attached hydrogens (tertiary/aromatic N) is 6. The number of likely N-dealkylation sites (tertiary alicyclic amines) is 1. The molecule has 1 amide bonds. The summed E-state index contributed by atoms with van der Waals surface area (Å²) in [6.07, 6.45) is 3.62. The Morgan fingerprint density at radius 2 is 1.80 bits per heavy atom. The molecule has 4 rings (SSSR count). The number of hydrogen-bond donors (Lipinski definition) is 1. The van der Waals surface area contributed by atoms with Gasteiger partial charge in [-0.05, 0) is 57.2 Å². The van der Waals surface area contributed by atoms with E-state index in [-0.39, 0.29) is 11.7 Å². The van der Waals surface area contributed by atoms with Crippen molar-refractivity contribution in [1.29, 1.82) is 0 Å². The van der Waals surface area contributed by atoms with Crippen molar-refractivity contribution >= 4 is 11.9 Å². The van der Waals surface area contributed by atoms with Crippen molar-refractivity contribution in [2.75, 3.05) is 57.8 Å². The van der Waals surface area contributed by atoms with E-state index in [0.717, 1.165) is 57.7 Å². The van der Waals surface area contributed by atoms with Gasteiger partial charge in [-0.2, -0.15) is 5.10 Å². The van der Waals surface area contributed by atoms with Crippen molar-refractivity contribution in [3.63, 3.8) is 0 Å². The fourth-order valence-corrected chi connectivity index (χ4v) is 3.92. The first-order chi connectivity index (χ1) is 14.6. The molecule has 0 spiro atoms. The van der Waals surface area contributed by atoms with Crippen LogP contribution in [0.5, 0.6) is 0 Å². The number of piperidine rings is 1. The van der Waals surface area contributed by atoms with E-state index in [1.165, 1.54) is 12.1 Å². The maximum Gasteiger partial charge on any atom is 0.245 e. The molecule has 2 aliphatic rings. The van der Waals surface area contributed by atoms with Crippen molar-refractivity contribution in [3.05, 3.63) is 36.3 Å². The minimum atomic E-state index is -0.281. The monoisotopic (exact) mass is 413 g/mol. The molecule has 160 valence electrons. The van der Waals surface area contributed by atoms with Crippen LogP contribution in [0.3, 0.4) is 0 Å². The standard InChI is InChI=1S/C21H28FN7O/c1-27-8-6-18(7-9-27)24-20(30)15-28-10-12-29(13-11-28)21-25-19(14-23-26-21)16-2-4-17(22)5-3-16/h2-5,14,18H,6-13,15H2,1H3,(H,24,30). The first-order valence-corrected chi connectivity index (χ1v) is 10.5. The minimum Gasteiger partial charge on any atom is -0.352 e. The number of hydrogen-bond acceptors (Lipinski definition) is 7. The highest BCUT2D eigenvalue weighted by molar-refractivity contribution is 5.78. The Morgan fingerprint density at radius 3 is 2.50 bits per heavy atom. The number of benzene rings is 1. The lowest BCUT2D eigenvalue weighted by Crippen LogP contribution is -2.52. The third kappa shape index (κ3) is 5.28. The van der Waals surface area contributed by atoms with E-state index < -0.39 is 0 Å². The Balaban J connectivity index is 1.28. The fraction of sp³-hybridized carbons (Fsp3) is 0.524. The number of anilines is 1. The normalized spacial score (nSPS) is 19.1. The summed E-state index contributed by atoms with van der Waals surface area (Å²) in [6, 6.07) is 6.48. The Kier molecular flexibility index (Phi) is 6.49. The highest BCUT2D eigenvalue weighted by atomic mass is 19.1. The van der Waals surface area contributed by atoms with Crippen LogP contribution in [-0.4, -0.2) is 89.8 Å². The lowest BCUT2D eigenvalue weighted by atomic mass is 10.1. The molecule has 0 radical (unpaired) electrons. The van der Waals surface area contributed by atoms with Crippen LogP contribution in [-0.2, 0) is 4.79 Å². The maximum atomic E-state index is 13.2. The Hall–Kier alpha value is -2.65. The summed E-state index contributed by atoms with van der Waals surface area (Å²) in [7, 11) is 2.12. The molecular formula is C21H28FN7O. The van der Waals surface area contributed by atoms with Gasteiger partial charge in [-0.3, -0.25) is 9.69 Å². The zero-order valence-corrected chi connectivity index (χ0v) is 17.3. The van der Waals surface area contributed by atoms with E-state index in [9.17, 15) is 9.18 Å². The molecule has 0 unspecified atom stereocenters. The number of halogens is 1. The Morgan fingerprint density at radius 1 is 1.10 bits per heavy atom. The largest absolute Gasteiger partial charge is 0.352 e. The van der Waals surface area contributed by atoms with Gasteiger partial charge >= 0.3 is 0 Å². The third-order valence-electron chi connectivity index (χ3n) is 5.79. The van der Waals surface area contributed by atoms with E-state index in [1.807, 2.05) is 0 Å². The highest BCUT2D eigenvalue weighted by Crippen LogP contribution is 2.19. The fourth-order valence-electron chi connectivity index (χ4n) is 3.92. The summed E-state index contributed by atoms with van der Waals surface area (Å²) in [4.78, 5) is 23.5. The molecule has 2 aromatic rings. The van der Waals surface area contributed by atoms with Crippen LogP contribution in [0.2, 0.25) is 0 Å². The van der Waals surface area contributed by atoms with E-state index >= 15 is 0 Å². The summed E-state index contributed by atoms with van der Waals surface area (Å²) in [5.41, 5.74) is 1.47. The number of amides is 1. The van der Waals surface area contributed by atoms with E-state index in [1.54, 1.807) is 18.3 Å². The van der Waals surface area contributed by atoms with Crippen molar-refractivity contribution < 1.29 is 9.18 Å². The minimum absolute atomic E-state index is 0.106. The molecule has 2 saturated heterocycles. The van der Waals surface area contributed by atoms with Gasteiger partial charge in [-0.1, -0.05) is 0 Å². The van der Waals surface area contributed by atoms with Crippen LogP contribution in [0.15, 0.2) is 30.5 Å². The number of aromatic nitrogens is 3. The van der Waals surface area contributed by atoms with Gasteiger partial charge in [0.05, 0.1) is 18.4 Å². The first kappa shape index (κ1) is 20.6. The van der Waals surface area contributed by atoms with E-state index in [0.29, 0.717) is 24.2 Å². The van der Waals surface area contributed by atoms with Crippen molar-refractivity contribution in [2.24, 2.45) is 0 Å². The van der Waals surface area contributed by atoms with E-state index in [2.05, 4.69) is 42.2 Å². The molecule has 0 aliphatic carbocycles. The van der Waals surface area contributed by atoms with Crippen LogP contribution in [0.25, 0.3) is 11.3 Å². The summed E-state index contributed by atoms with van der Waals surface area (Å²) in [5, 5.41) is 11.4. The molecule has 0 atom stereocenters. The number of piperazine rings is 1.